The van der Waals surface area contributed by atoms with Gasteiger partial charge in [-0.25, -0.2) is 0 Å². The van der Waals surface area contributed by atoms with E-state index < -0.39 is 11.1 Å². The molecule has 0 radical (unpaired) electrons. The van der Waals surface area contributed by atoms with Crippen LogP contribution < -0.4 is 4.74 Å². The van der Waals surface area contributed by atoms with Crippen LogP contribution in [0.5, 0.6) is 11.5 Å². The molecule has 0 saturated carbocycles. The van der Waals surface area contributed by atoms with Gasteiger partial charge < -0.3 is 9.29 Å². The zero-order valence-electron chi connectivity index (χ0n) is 9.74. The summed E-state index contributed by atoms with van der Waals surface area (Å²) < 4.78 is 26.7. The molecule has 2 aromatic carbocycles. The maximum atomic E-state index is 10.5. The minimum Gasteiger partial charge on any atom is -0.772 e. The van der Waals surface area contributed by atoms with Crippen LogP contribution in [0, 0.1) is 0 Å². The van der Waals surface area contributed by atoms with E-state index in [4.69, 9.17) is 4.74 Å². The Morgan fingerprint density at radius 1 is 1.00 bits per heavy atom. The predicted molar refractivity (Wildman–Crippen MR) is 70.4 cm³/mol. The van der Waals surface area contributed by atoms with E-state index in [1.165, 1.54) is 0 Å². The second-order valence-electron chi connectivity index (χ2n) is 3.82. The van der Waals surface area contributed by atoms with Gasteiger partial charge in [0.05, 0.1) is 0 Å². The SMILES string of the molecule is O=S([O-])CCc1cccc(Oc2ccccc2)c1. The average Bonchev–Trinajstić information content (AvgIpc) is 2.38. The number of rotatable bonds is 5. The minimum atomic E-state index is -2.00. The van der Waals surface area contributed by atoms with Gasteiger partial charge in [-0.05, 0) is 36.2 Å². The van der Waals surface area contributed by atoms with Gasteiger partial charge in [0.1, 0.15) is 11.5 Å². The van der Waals surface area contributed by atoms with Gasteiger partial charge in [0.25, 0.3) is 0 Å². The summed E-state index contributed by atoms with van der Waals surface area (Å²) in [6.07, 6.45) is 0.502. The van der Waals surface area contributed by atoms with Gasteiger partial charge in [0, 0.05) is 5.75 Å². The Kier molecular flexibility index (Phi) is 4.50. The van der Waals surface area contributed by atoms with E-state index in [0.717, 1.165) is 17.1 Å². The maximum absolute atomic E-state index is 10.5. The van der Waals surface area contributed by atoms with Crippen molar-refractivity contribution >= 4 is 11.1 Å². The highest BCUT2D eigenvalue weighted by Gasteiger charge is 1.99. The number of ether oxygens (including phenoxy) is 1. The van der Waals surface area contributed by atoms with Gasteiger partial charge >= 0.3 is 0 Å². The minimum absolute atomic E-state index is 0.134. The van der Waals surface area contributed by atoms with Gasteiger partial charge in [0.2, 0.25) is 0 Å². The van der Waals surface area contributed by atoms with Crippen molar-refractivity contribution < 1.29 is 13.5 Å². The standard InChI is InChI=1S/C14H14O3S/c15-18(16)10-9-12-5-4-8-14(11-12)17-13-6-2-1-3-7-13/h1-8,11H,9-10H2,(H,15,16)/p-1. The van der Waals surface area contributed by atoms with Crippen LogP contribution in [0.1, 0.15) is 5.56 Å². The van der Waals surface area contributed by atoms with Gasteiger partial charge in [-0.1, -0.05) is 41.4 Å². The Balaban J connectivity index is 2.05. The first-order valence-electron chi connectivity index (χ1n) is 5.62. The molecule has 0 spiro atoms. The van der Waals surface area contributed by atoms with E-state index >= 15 is 0 Å². The molecule has 0 heterocycles. The fourth-order valence-corrected chi connectivity index (χ4v) is 1.99. The molecule has 2 aromatic rings. The lowest BCUT2D eigenvalue weighted by atomic mass is 10.2. The molecule has 0 aliphatic carbocycles. The van der Waals surface area contributed by atoms with Crippen LogP contribution in [-0.4, -0.2) is 14.5 Å². The van der Waals surface area contributed by atoms with E-state index in [1.807, 2.05) is 54.6 Å². The molecule has 94 valence electrons. The number of hydrogen-bond acceptors (Lipinski definition) is 3. The van der Waals surface area contributed by atoms with Crippen molar-refractivity contribution in [2.75, 3.05) is 5.75 Å². The molecule has 1 atom stereocenters. The first kappa shape index (κ1) is 12.8. The molecular weight excluding hydrogens is 248 g/mol. The van der Waals surface area contributed by atoms with Crippen molar-refractivity contribution in [2.45, 2.75) is 6.42 Å². The van der Waals surface area contributed by atoms with E-state index in [0.29, 0.717) is 6.42 Å². The van der Waals surface area contributed by atoms with E-state index in [-0.39, 0.29) is 5.75 Å². The summed E-state index contributed by atoms with van der Waals surface area (Å²) in [5.74, 6) is 1.62. The Morgan fingerprint density at radius 3 is 2.44 bits per heavy atom. The van der Waals surface area contributed by atoms with Crippen LogP contribution in [0.2, 0.25) is 0 Å². The summed E-state index contributed by atoms with van der Waals surface area (Å²) in [4.78, 5) is 0. The normalized spacial score (nSPS) is 12.1. The molecule has 0 bridgehead atoms. The fourth-order valence-electron chi connectivity index (χ4n) is 1.59. The third-order valence-electron chi connectivity index (χ3n) is 2.43. The molecule has 1 unspecified atom stereocenters. The lowest BCUT2D eigenvalue weighted by Crippen LogP contribution is -1.99. The van der Waals surface area contributed by atoms with Gasteiger partial charge in [-0.2, -0.15) is 0 Å². The average molecular weight is 261 g/mol. The van der Waals surface area contributed by atoms with Crippen LogP contribution in [0.25, 0.3) is 0 Å². The zero-order chi connectivity index (χ0) is 12.8. The van der Waals surface area contributed by atoms with Crippen molar-refractivity contribution in [3.63, 3.8) is 0 Å². The highest BCUT2D eigenvalue weighted by atomic mass is 32.2. The quantitative estimate of drug-likeness (QED) is 0.777. The van der Waals surface area contributed by atoms with Crippen molar-refractivity contribution in [3.8, 4) is 11.5 Å². The van der Waals surface area contributed by atoms with Crippen molar-refractivity contribution in [3.05, 3.63) is 60.2 Å². The third-order valence-corrected chi connectivity index (χ3v) is 2.97. The lowest BCUT2D eigenvalue weighted by molar-refractivity contribution is 0.482. The molecule has 0 aliphatic heterocycles. The first-order valence-corrected chi connectivity index (χ1v) is 6.86. The Labute approximate surface area is 109 Å². The highest BCUT2D eigenvalue weighted by molar-refractivity contribution is 7.79. The Bertz CT molecular complexity index is 526. The lowest BCUT2D eigenvalue weighted by Gasteiger charge is -2.08. The maximum Gasteiger partial charge on any atom is 0.127 e. The molecule has 0 amide bonds. The van der Waals surface area contributed by atoms with Crippen molar-refractivity contribution in [1.82, 2.24) is 0 Å². The molecule has 0 fully saturated rings. The topological polar surface area (TPSA) is 49.4 Å². The van der Waals surface area contributed by atoms with E-state index in [1.54, 1.807) is 0 Å². The fraction of sp³-hybridized carbons (Fsp3) is 0.143. The van der Waals surface area contributed by atoms with Crippen molar-refractivity contribution in [2.24, 2.45) is 0 Å². The molecule has 18 heavy (non-hydrogen) atoms. The van der Waals surface area contributed by atoms with Gasteiger partial charge in [-0.15, -0.1) is 0 Å². The first-order chi connectivity index (χ1) is 8.74. The van der Waals surface area contributed by atoms with Crippen LogP contribution in [0.4, 0.5) is 0 Å². The number of benzene rings is 2. The molecule has 4 heteroatoms. The molecule has 0 aromatic heterocycles. The number of para-hydroxylation sites is 1. The molecule has 3 nitrogen and oxygen atoms in total. The molecule has 2 rings (SSSR count). The van der Waals surface area contributed by atoms with E-state index in [2.05, 4.69) is 0 Å². The molecular formula is C14H13O3S-. The third kappa shape index (κ3) is 3.98. The summed E-state index contributed by atoms with van der Waals surface area (Å²) in [5.41, 5.74) is 0.952. The van der Waals surface area contributed by atoms with Crippen LogP contribution in [0.3, 0.4) is 0 Å². The summed E-state index contributed by atoms with van der Waals surface area (Å²) in [6, 6.07) is 16.9. The summed E-state index contributed by atoms with van der Waals surface area (Å²) in [6.45, 7) is 0. The summed E-state index contributed by atoms with van der Waals surface area (Å²) in [7, 11) is 0. The van der Waals surface area contributed by atoms with Crippen LogP contribution in [0.15, 0.2) is 54.6 Å². The zero-order valence-corrected chi connectivity index (χ0v) is 10.6. The summed E-state index contributed by atoms with van der Waals surface area (Å²) in [5, 5.41) is 0. The molecule has 0 N–H and O–H groups in total. The molecule has 0 saturated heterocycles. The predicted octanol–water partition coefficient (Wildman–Crippen LogP) is 2.90. The smallest absolute Gasteiger partial charge is 0.127 e. The second kappa shape index (κ2) is 6.33. The van der Waals surface area contributed by atoms with Gasteiger partial charge in [0.15, 0.2) is 0 Å². The monoisotopic (exact) mass is 261 g/mol. The summed E-state index contributed by atoms with van der Waals surface area (Å²) >= 11 is -2.00. The van der Waals surface area contributed by atoms with Crippen LogP contribution in [-0.2, 0) is 17.5 Å². The Morgan fingerprint density at radius 2 is 1.72 bits per heavy atom. The Hall–Kier alpha value is -1.65. The highest BCUT2D eigenvalue weighted by Crippen LogP contribution is 2.21. The van der Waals surface area contributed by atoms with Gasteiger partial charge in [-0.3, -0.25) is 4.21 Å². The van der Waals surface area contributed by atoms with Crippen LogP contribution >= 0.6 is 0 Å². The van der Waals surface area contributed by atoms with E-state index in [9.17, 15) is 8.76 Å². The largest absolute Gasteiger partial charge is 0.772 e. The molecule has 0 aliphatic rings. The number of aryl methyl sites for hydroxylation is 1. The second-order valence-corrected chi connectivity index (χ2v) is 4.84. The van der Waals surface area contributed by atoms with Crippen molar-refractivity contribution in [1.29, 1.82) is 0 Å². The number of hydrogen-bond donors (Lipinski definition) is 0.